The molecule has 2 aromatic rings. The second kappa shape index (κ2) is 4.76. The van der Waals surface area contributed by atoms with Crippen LogP contribution in [0.15, 0.2) is 28.7 Å². The van der Waals surface area contributed by atoms with Crippen LogP contribution in [0.3, 0.4) is 0 Å². The zero-order chi connectivity index (χ0) is 13.5. The molecule has 0 saturated heterocycles. The van der Waals surface area contributed by atoms with Gasteiger partial charge >= 0.3 is 0 Å². The van der Waals surface area contributed by atoms with E-state index in [1.807, 2.05) is 18.2 Å². The van der Waals surface area contributed by atoms with Crippen LogP contribution in [0.5, 0.6) is 0 Å². The molecule has 4 heteroatoms. The number of rotatable bonds is 3. The summed E-state index contributed by atoms with van der Waals surface area (Å²) in [6, 6.07) is 8.19. The molecule has 19 heavy (non-hydrogen) atoms. The number of aromatic nitrogens is 2. The predicted molar refractivity (Wildman–Crippen MR) is 81.0 cm³/mol. The van der Waals surface area contributed by atoms with Crippen molar-refractivity contribution < 1.29 is 0 Å². The molecule has 1 saturated carbocycles. The summed E-state index contributed by atoms with van der Waals surface area (Å²) >= 11 is 3.60. The number of imidazole rings is 1. The Labute approximate surface area is 121 Å². The second-order valence-corrected chi connectivity index (χ2v) is 6.23. The summed E-state index contributed by atoms with van der Waals surface area (Å²) in [5, 5.41) is 0. The zero-order valence-electron chi connectivity index (χ0n) is 11.0. The van der Waals surface area contributed by atoms with E-state index in [0.29, 0.717) is 6.54 Å². The highest BCUT2D eigenvalue weighted by Crippen LogP contribution is 2.42. The fourth-order valence-corrected chi connectivity index (χ4v) is 3.24. The first kappa shape index (κ1) is 12.9. The Balaban J connectivity index is 2.05. The third kappa shape index (κ3) is 2.03. The van der Waals surface area contributed by atoms with Gasteiger partial charge in [-0.3, -0.25) is 0 Å². The Morgan fingerprint density at radius 2 is 2.11 bits per heavy atom. The smallest absolute Gasteiger partial charge is 0.114 e. The van der Waals surface area contributed by atoms with Gasteiger partial charge in [0, 0.05) is 27.7 Å². The van der Waals surface area contributed by atoms with Gasteiger partial charge in [0.1, 0.15) is 5.82 Å². The summed E-state index contributed by atoms with van der Waals surface area (Å²) < 4.78 is 1.08. The molecule has 0 radical (unpaired) electrons. The minimum absolute atomic E-state index is 0.0876. The Hall–Kier alpha value is -1.13. The number of aryl methyl sites for hydroxylation is 1. The molecule has 0 amide bonds. The highest BCUT2D eigenvalue weighted by atomic mass is 79.9. The quantitative estimate of drug-likeness (QED) is 0.909. The number of hydrogen-bond donors (Lipinski definition) is 2. The van der Waals surface area contributed by atoms with E-state index < -0.39 is 0 Å². The van der Waals surface area contributed by atoms with Gasteiger partial charge in [-0.05, 0) is 25.8 Å². The van der Waals surface area contributed by atoms with Crippen molar-refractivity contribution in [2.45, 2.75) is 31.6 Å². The largest absolute Gasteiger partial charge is 0.345 e. The minimum Gasteiger partial charge on any atom is -0.345 e. The average Bonchev–Trinajstić information content (AvgIpc) is 2.72. The topological polar surface area (TPSA) is 54.7 Å². The molecule has 1 aromatic heterocycles. The van der Waals surface area contributed by atoms with Crippen molar-refractivity contribution in [2.24, 2.45) is 5.73 Å². The maximum Gasteiger partial charge on any atom is 0.114 e. The van der Waals surface area contributed by atoms with E-state index in [1.165, 1.54) is 6.42 Å². The van der Waals surface area contributed by atoms with Gasteiger partial charge in [0.25, 0.3) is 0 Å². The normalized spacial score (nSPS) is 17.2. The number of hydrogen-bond acceptors (Lipinski definition) is 2. The van der Waals surface area contributed by atoms with Crippen LogP contribution < -0.4 is 5.73 Å². The van der Waals surface area contributed by atoms with Crippen molar-refractivity contribution in [2.75, 3.05) is 6.54 Å². The Bertz CT molecular complexity index is 594. The van der Waals surface area contributed by atoms with Crippen molar-refractivity contribution in [3.8, 4) is 11.3 Å². The molecule has 1 fully saturated rings. The van der Waals surface area contributed by atoms with Gasteiger partial charge in [-0.2, -0.15) is 0 Å². The summed E-state index contributed by atoms with van der Waals surface area (Å²) in [5.74, 6) is 1.06. The van der Waals surface area contributed by atoms with E-state index in [9.17, 15) is 0 Å². The van der Waals surface area contributed by atoms with Crippen molar-refractivity contribution in [1.29, 1.82) is 0 Å². The average molecular weight is 320 g/mol. The van der Waals surface area contributed by atoms with E-state index in [2.05, 4.69) is 33.9 Å². The van der Waals surface area contributed by atoms with Gasteiger partial charge < -0.3 is 10.7 Å². The first-order valence-corrected chi connectivity index (χ1v) is 7.48. The number of H-pyrrole nitrogens is 1. The van der Waals surface area contributed by atoms with Crippen LogP contribution in [0.2, 0.25) is 0 Å². The van der Waals surface area contributed by atoms with Gasteiger partial charge in [-0.15, -0.1) is 0 Å². The van der Waals surface area contributed by atoms with Gasteiger partial charge in [-0.1, -0.05) is 40.5 Å². The van der Waals surface area contributed by atoms with Crippen LogP contribution in [-0.2, 0) is 5.41 Å². The Morgan fingerprint density at radius 1 is 1.37 bits per heavy atom. The zero-order valence-corrected chi connectivity index (χ0v) is 12.6. The molecule has 0 spiro atoms. The molecular weight excluding hydrogens is 302 g/mol. The van der Waals surface area contributed by atoms with E-state index in [0.717, 1.165) is 40.1 Å². The molecule has 0 bridgehead atoms. The summed E-state index contributed by atoms with van der Waals surface area (Å²) in [6.07, 6.45) is 3.54. The molecule has 3 rings (SSSR count). The van der Waals surface area contributed by atoms with Gasteiger partial charge in [0.05, 0.1) is 5.69 Å². The fraction of sp³-hybridized carbons (Fsp3) is 0.400. The maximum atomic E-state index is 5.96. The predicted octanol–water partition coefficient (Wildman–Crippen LogP) is 3.53. The van der Waals surface area contributed by atoms with Crippen LogP contribution in [0.1, 0.15) is 30.8 Å². The van der Waals surface area contributed by atoms with Gasteiger partial charge in [0.2, 0.25) is 0 Å². The van der Waals surface area contributed by atoms with E-state index in [-0.39, 0.29) is 5.41 Å². The molecule has 3 N–H and O–H groups in total. The molecule has 100 valence electrons. The monoisotopic (exact) mass is 319 g/mol. The molecule has 0 atom stereocenters. The Kier molecular flexibility index (Phi) is 3.23. The fourth-order valence-electron chi connectivity index (χ4n) is 2.77. The van der Waals surface area contributed by atoms with Crippen molar-refractivity contribution in [1.82, 2.24) is 9.97 Å². The summed E-state index contributed by atoms with van der Waals surface area (Å²) in [5.41, 5.74) is 9.32. The molecule has 0 aliphatic heterocycles. The van der Waals surface area contributed by atoms with E-state index in [4.69, 9.17) is 10.7 Å². The van der Waals surface area contributed by atoms with Crippen molar-refractivity contribution in [3.05, 3.63) is 40.3 Å². The van der Waals surface area contributed by atoms with Gasteiger partial charge in [0.15, 0.2) is 0 Å². The van der Waals surface area contributed by atoms with Gasteiger partial charge in [-0.25, -0.2) is 4.98 Å². The molecule has 3 nitrogen and oxygen atoms in total. The van der Waals surface area contributed by atoms with E-state index >= 15 is 0 Å². The molecule has 0 unspecified atom stereocenters. The first-order chi connectivity index (χ1) is 9.16. The standard InChI is InChI=1S/C15H18BrN3/c1-10-13(11-5-2-3-6-12(11)16)19-14(18-10)15(9-17)7-4-8-15/h2-3,5-6H,4,7-9,17H2,1H3,(H,18,19). The van der Waals surface area contributed by atoms with E-state index in [1.54, 1.807) is 0 Å². The summed E-state index contributed by atoms with van der Waals surface area (Å²) in [7, 11) is 0. The highest BCUT2D eigenvalue weighted by Gasteiger charge is 2.40. The van der Waals surface area contributed by atoms with Crippen molar-refractivity contribution in [3.63, 3.8) is 0 Å². The summed E-state index contributed by atoms with van der Waals surface area (Å²) in [6.45, 7) is 2.75. The third-order valence-corrected chi connectivity index (χ3v) is 4.91. The first-order valence-electron chi connectivity index (χ1n) is 6.68. The maximum absolute atomic E-state index is 5.96. The third-order valence-electron chi connectivity index (χ3n) is 4.22. The lowest BCUT2D eigenvalue weighted by atomic mass is 9.68. The SMILES string of the molecule is Cc1[nH]c(C2(CN)CCC2)nc1-c1ccccc1Br. The number of halogens is 1. The molecule has 1 aromatic carbocycles. The summed E-state index contributed by atoms with van der Waals surface area (Å²) in [4.78, 5) is 8.29. The number of aromatic amines is 1. The number of benzene rings is 1. The highest BCUT2D eigenvalue weighted by molar-refractivity contribution is 9.10. The molecular formula is C15H18BrN3. The number of nitrogens with two attached hydrogens (primary N) is 1. The minimum atomic E-state index is 0.0876. The lowest BCUT2D eigenvalue weighted by molar-refractivity contribution is 0.239. The molecule has 1 aliphatic rings. The lowest BCUT2D eigenvalue weighted by Gasteiger charge is -2.39. The van der Waals surface area contributed by atoms with Crippen molar-refractivity contribution >= 4 is 15.9 Å². The number of nitrogens with one attached hydrogen (secondary N) is 1. The van der Waals surface area contributed by atoms with Crippen LogP contribution in [0.4, 0.5) is 0 Å². The van der Waals surface area contributed by atoms with Crippen LogP contribution in [-0.4, -0.2) is 16.5 Å². The lowest BCUT2D eigenvalue weighted by Crippen LogP contribution is -2.42. The molecule has 1 aliphatic carbocycles. The van der Waals surface area contributed by atoms with Crippen LogP contribution >= 0.6 is 15.9 Å². The van der Waals surface area contributed by atoms with Crippen LogP contribution in [0.25, 0.3) is 11.3 Å². The molecule has 1 heterocycles. The second-order valence-electron chi connectivity index (χ2n) is 5.38. The Morgan fingerprint density at radius 3 is 2.68 bits per heavy atom. The van der Waals surface area contributed by atoms with Crippen LogP contribution in [0, 0.1) is 6.92 Å². The number of nitrogens with zero attached hydrogens (tertiary/aromatic N) is 1.